The molecule has 1 heterocycles. The molecule has 0 spiro atoms. The molecule has 0 aliphatic heterocycles. The summed E-state index contributed by atoms with van der Waals surface area (Å²) in [5.41, 5.74) is 7.12. The Morgan fingerprint density at radius 3 is 2.80 bits per heavy atom. The van der Waals surface area contributed by atoms with Crippen LogP contribution in [0.4, 0.5) is 0 Å². The van der Waals surface area contributed by atoms with E-state index in [1.165, 1.54) is 6.92 Å². The van der Waals surface area contributed by atoms with Gasteiger partial charge in [0.2, 0.25) is 5.60 Å². The summed E-state index contributed by atoms with van der Waals surface area (Å²) in [4.78, 5) is 14.6. The topological polar surface area (TPSA) is 96.1 Å². The smallest absolute Gasteiger partial charge is 0.420 e. The van der Waals surface area contributed by atoms with Gasteiger partial charge in [-0.15, -0.1) is 0 Å². The molecule has 1 atom stereocenters. The molecule has 0 radical (unpaired) electrons. The predicted octanol–water partition coefficient (Wildman–Crippen LogP) is 1.87. The highest BCUT2D eigenvalue weighted by Crippen LogP contribution is 2.28. The minimum atomic E-state index is -1.89. The summed E-state index contributed by atoms with van der Waals surface area (Å²) in [6.07, 6.45) is 0. The van der Waals surface area contributed by atoms with Crippen LogP contribution in [-0.2, 0) is 15.1 Å². The van der Waals surface area contributed by atoms with E-state index in [0.717, 1.165) is 5.39 Å². The van der Waals surface area contributed by atoms with E-state index in [1.807, 2.05) is 6.07 Å². The Morgan fingerprint density at radius 1 is 1.50 bits per heavy atom. The van der Waals surface area contributed by atoms with Gasteiger partial charge in [0.1, 0.15) is 11.3 Å². The van der Waals surface area contributed by atoms with Gasteiger partial charge in [-0.05, 0) is 26.0 Å². The lowest BCUT2D eigenvalue weighted by atomic mass is 9.96. The number of esters is 1. The largest absolute Gasteiger partial charge is 0.457 e. The Hall–Kier alpha value is -2.43. The molecule has 0 aliphatic rings. The Labute approximate surface area is 115 Å². The van der Waals surface area contributed by atoms with Crippen molar-refractivity contribution < 1.29 is 23.8 Å². The average Bonchev–Trinajstić information content (AvgIpc) is 2.84. The Kier molecular flexibility index (Phi) is 3.70. The van der Waals surface area contributed by atoms with Gasteiger partial charge in [0, 0.05) is 5.39 Å². The van der Waals surface area contributed by atoms with Gasteiger partial charge in [-0.3, -0.25) is 0 Å². The van der Waals surface area contributed by atoms with Crippen molar-refractivity contribution in [1.82, 2.24) is 0 Å². The number of rotatable bonds is 4. The van der Waals surface area contributed by atoms with Gasteiger partial charge in [-0.25, -0.2) is 4.79 Å². The summed E-state index contributed by atoms with van der Waals surface area (Å²) in [7, 11) is 0. The molecular weight excluding hydrogens is 260 g/mol. The number of fused-ring (bicyclic) bond motifs is 1. The maximum Gasteiger partial charge on any atom is 0.420 e. The Morgan fingerprint density at radius 2 is 2.20 bits per heavy atom. The van der Waals surface area contributed by atoms with Crippen molar-refractivity contribution in [3.05, 3.63) is 41.6 Å². The van der Waals surface area contributed by atoms with Gasteiger partial charge in [0.05, 0.1) is 6.61 Å². The normalized spacial score (nSPS) is 13.6. The van der Waals surface area contributed by atoms with Crippen molar-refractivity contribution in [2.24, 2.45) is 0 Å². The van der Waals surface area contributed by atoms with Gasteiger partial charge < -0.3 is 19.8 Å². The van der Waals surface area contributed by atoms with Crippen LogP contribution in [0.3, 0.4) is 0 Å². The number of benzene rings is 1. The first kappa shape index (κ1) is 14.0. The van der Waals surface area contributed by atoms with Gasteiger partial charge in [-0.2, -0.15) is 4.79 Å². The molecule has 1 aromatic heterocycles. The molecule has 2 aromatic rings. The van der Waals surface area contributed by atoms with Crippen molar-refractivity contribution in [2.75, 3.05) is 6.61 Å². The second-order valence-corrected chi connectivity index (χ2v) is 4.39. The lowest BCUT2D eigenvalue weighted by Crippen LogP contribution is -2.39. The molecule has 1 aromatic carbocycles. The van der Waals surface area contributed by atoms with E-state index in [-0.39, 0.29) is 12.4 Å². The van der Waals surface area contributed by atoms with Crippen molar-refractivity contribution in [3.63, 3.8) is 0 Å². The van der Waals surface area contributed by atoms with Crippen LogP contribution in [0.2, 0.25) is 0 Å². The molecule has 0 saturated carbocycles. The third-order valence-electron chi connectivity index (χ3n) is 2.94. The molecule has 6 heteroatoms. The van der Waals surface area contributed by atoms with E-state index in [9.17, 15) is 9.90 Å². The van der Waals surface area contributed by atoms with E-state index in [0.29, 0.717) is 5.58 Å². The van der Waals surface area contributed by atoms with Crippen molar-refractivity contribution >= 4 is 22.7 Å². The number of nitrogens with zero attached hydrogens (tertiary/aromatic N) is 2. The molecule has 20 heavy (non-hydrogen) atoms. The number of hydrogen-bond acceptors (Lipinski definition) is 4. The van der Waals surface area contributed by atoms with Crippen LogP contribution in [-0.4, -0.2) is 28.2 Å². The van der Waals surface area contributed by atoms with Crippen LogP contribution in [0, 0.1) is 0 Å². The third-order valence-corrected chi connectivity index (χ3v) is 2.94. The molecule has 1 unspecified atom stereocenters. The van der Waals surface area contributed by atoms with Crippen molar-refractivity contribution in [2.45, 2.75) is 19.4 Å². The fourth-order valence-corrected chi connectivity index (χ4v) is 1.87. The van der Waals surface area contributed by atoms with E-state index in [2.05, 4.69) is 4.79 Å². The lowest BCUT2D eigenvalue weighted by molar-refractivity contribution is -0.143. The van der Waals surface area contributed by atoms with Gasteiger partial charge in [-0.1, -0.05) is 18.2 Å². The van der Waals surface area contributed by atoms with Crippen molar-refractivity contribution in [3.8, 4) is 0 Å². The minimum Gasteiger partial charge on any atom is -0.457 e. The maximum atomic E-state index is 11.7. The molecule has 1 N–H and O–H groups in total. The molecule has 0 bridgehead atoms. The molecule has 0 aliphatic carbocycles. The van der Waals surface area contributed by atoms with Crippen LogP contribution >= 0.6 is 0 Å². The minimum absolute atomic E-state index is 0.0968. The van der Waals surface area contributed by atoms with E-state index in [1.54, 1.807) is 31.2 Å². The molecular formula is C14H14N2O4. The first-order valence-corrected chi connectivity index (χ1v) is 6.11. The summed E-state index contributed by atoms with van der Waals surface area (Å²) >= 11 is 0. The number of para-hydroxylation sites is 1. The molecule has 0 saturated heterocycles. The van der Waals surface area contributed by atoms with E-state index in [4.69, 9.17) is 14.7 Å². The van der Waals surface area contributed by atoms with Crippen LogP contribution in [0.25, 0.3) is 16.5 Å². The Balaban J connectivity index is 2.47. The number of carbonyl (C=O) groups is 1. The summed E-state index contributed by atoms with van der Waals surface area (Å²) < 4.78 is 10.2. The van der Waals surface area contributed by atoms with Crippen LogP contribution in [0.1, 0.15) is 19.6 Å². The Bertz CT molecular complexity index is 663. The van der Waals surface area contributed by atoms with Gasteiger partial charge in [0.15, 0.2) is 0 Å². The maximum absolute atomic E-state index is 11.7. The molecule has 0 fully saturated rings. The summed E-state index contributed by atoms with van der Waals surface area (Å²) in [6.45, 7) is 3.02. The van der Waals surface area contributed by atoms with E-state index >= 15 is 0 Å². The fourth-order valence-electron chi connectivity index (χ4n) is 1.87. The molecule has 0 amide bonds. The van der Waals surface area contributed by atoms with E-state index < -0.39 is 17.3 Å². The first-order chi connectivity index (χ1) is 9.50. The molecule has 2 rings (SSSR count). The zero-order valence-corrected chi connectivity index (χ0v) is 11.2. The summed E-state index contributed by atoms with van der Waals surface area (Å²) in [5.74, 6) is -0.806. The highest BCUT2D eigenvalue weighted by atomic mass is 16.5. The number of hydrogen-bond donors (Lipinski definition) is 1. The highest BCUT2D eigenvalue weighted by Gasteiger charge is 2.46. The van der Waals surface area contributed by atoms with Crippen LogP contribution in [0.15, 0.2) is 34.7 Å². The lowest BCUT2D eigenvalue weighted by Gasteiger charge is -2.14. The van der Waals surface area contributed by atoms with Crippen molar-refractivity contribution in [1.29, 1.82) is 0 Å². The number of furan rings is 1. The van der Waals surface area contributed by atoms with Crippen LogP contribution in [0.5, 0.6) is 0 Å². The number of ether oxygens (including phenoxy) is 1. The monoisotopic (exact) mass is 274 g/mol. The summed E-state index contributed by atoms with van der Waals surface area (Å²) in [6, 6.07) is 8.73. The van der Waals surface area contributed by atoms with Gasteiger partial charge >= 0.3 is 11.7 Å². The average molecular weight is 274 g/mol. The van der Waals surface area contributed by atoms with Gasteiger partial charge in [0.25, 0.3) is 0 Å². The molecule has 6 nitrogen and oxygen atoms in total. The summed E-state index contributed by atoms with van der Waals surface area (Å²) in [5, 5.41) is 11.2. The standard InChI is InChI=1S/C14H14N2O4/c1-3-19-13(17)12(16-15)14(2,18)11-8-9-6-4-5-7-10(9)20-11/h4-8,18H,3H2,1-2H3. The fraction of sp³-hybridized carbons (Fsp3) is 0.286. The zero-order valence-electron chi connectivity index (χ0n) is 11.2. The zero-order chi connectivity index (χ0) is 14.8. The highest BCUT2D eigenvalue weighted by molar-refractivity contribution is 6.36. The molecule has 104 valence electrons. The van der Waals surface area contributed by atoms with Crippen LogP contribution < -0.4 is 0 Å². The second-order valence-electron chi connectivity index (χ2n) is 4.39. The SMILES string of the molecule is CCOC(=O)C(=[N+]=[N-])C(C)(O)c1cc2ccccc2o1. The quantitative estimate of drug-likeness (QED) is 0.398. The predicted molar refractivity (Wildman–Crippen MR) is 71.0 cm³/mol. The number of aliphatic hydroxyl groups is 1. The number of carbonyl (C=O) groups excluding carboxylic acids is 1. The third kappa shape index (κ3) is 2.34. The first-order valence-electron chi connectivity index (χ1n) is 6.11. The second kappa shape index (κ2) is 5.28.